The molecule has 9 nitrogen and oxygen atoms in total. The van der Waals surface area contributed by atoms with Gasteiger partial charge in [0.25, 0.3) is 0 Å². The molecular formula is C11H16N4O5S. The van der Waals surface area contributed by atoms with Crippen molar-refractivity contribution < 1.29 is 23.1 Å². The second kappa shape index (κ2) is 5.72. The third-order valence-corrected chi connectivity index (χ3v) is 4.61. The van der Waals surface area contributed by atoms with Crippen LogP contribution in [0.25, 0.3) is 0 Å². The van der Waals surface area contributed by atoms with Gasteiger partial charge in [0.2, 0.25) is 15.9 Å². The lowest BCUT2D eigenvalue weighted by atomic mass is 10.5. The third kappa shape index (κ3) is 4.18. The lowest BCUT2D eigenvalue weighted by Crippen LogP contribution is -2.32. The Morgan fingerprint density at radius 3 is 2.76 bits per heavy atom. The predicted molar refractivity (Wildman–Crippen MR) is 73.0 cm³/mol. The monoisotopic (exact) mass is 316 g/mol. The Bertz CT molecular complexity index is 649. The summed E-state index contributed by atoms with van der Waals surface area (Å²) in [7, 11) is -4.04. The molecule has 10 heteroatoms. The maximum atomic E-state index is 11.7. The van der Waals surface area contributed by atoms with Gasteiger partial charge in [0.15, 0.2) is 5.25 Å². The van der Waals surface area contributed by atoms with Gasteiger partial charge in [-0.2, -0.15) is 5.10 Å². The smallest absolute Gasteiger partial charge is 0.323 e. The third-order valence-electron chi connectivity index (χ3n) is 2.95. The van der Waals surface area contributed by atoms with Crippen molar-refractivity contribution in [2.45, 2.75) is 37.6 Å². The first-order valence-electron chi connectivity index (χ1n) is 6.34. The Morgan fingerprint density at radius 1 is 1.52 bits per heavy atom. The van der Waals surface area contributed by atoms with Crippen molar-refractivity contribution in [2.75, 3.05) is 4.72 Å². The number of hydrogen-bond donors (Lipinski definition) is 3. The first kappa shape index (κ1) is 15.3. The predicted octanol–water partition coefficient (Wildman–Crippen LogP) is -0.624. The number of hydrogen-bond acceptors (Lipinski definition) is 5. The van der Waals surface area contributed by atoms with Crippen LogP contribution in [0.2, 0.25) is 0 Å². The Labute approximate surface area is 121 Å². The highest BCUT2D eigenvalue weighted by molar-refractivity contribution is 7.94. The van der Waals surface area contributed by atoms with Gasteiger partial charge in [0, 0.05) is 12.2 Å². The SMILES string of the molecule is CC(C(=O)O)S(=O)(=O)Nc1cnn(CC(=O)NC2CC2)c1. The summed E-state index contributed by atoms with van der Waals surface area (Å²) in [6.45, 7) is 1.05. The van der Waals surface area contributed by atoms with E-state index in [0.717, 1.165) is 19.8 Å². The van der Waals surface area contributed by atoms with E-state index in [1.54, 1.807) is 0 Å². The molecule has 0 bridgehead atoms. The second-order valence-corrected chi connectivity index (χ2v) is 6.90. The zero-order chi connectivity index (χ0) is 15.6. The lowest BCUT2D eigenvalue weighted by Gasteiger charge is -2.09. The number of nitrogens with one attached hydrogen (secondary N) is 2. The zero-order valence-corrected chi connectivity index (χ0v) is 12.1. The fourth-order valence-electron chi connectivity index (χ4n) is 1.54. The largest absolute Gasteiger partial charge is 0.480 e. The van der Waals surface area contributed by atoms with Gasteiger partial charge in [-0.15, -0.1) is 0 Å². The zero-order valence-electron chi connectivity index (χ0n) is 11.3. The number of sulfonamides is 1. The summed E-state index contributed by atoms with van der Waals surface area (Å²) in [5, 5.41) is 13.8. The molecule has 1 aliphatic carbocycles. The van der Waals surface area contributed by atoms with Crippen molar-refractivity contribution in [3.8, 4) is 0 Å². The van der Waals surface area contributed by atoms with E-state index in [9.17, 15) is 18.0 Å². The molecular weight excluding hydrogens is 300 g/mol. The maximum Gasteiger partial charge on any atom is 0.323 e. The number of rotatable bonds is 7. The number of carboxylic acid groups (broad SMARTS) is 1. The number of aliphatic carboxylic acids is 1. The van der Waals surface area contributed by atoms with Crippen molar-refractivity contribution >= 4 is 27.6 Å². The van der Waals surface area contributed by atoms with Crippen molar-refractivity contribution in [2.24, 2.45) is 0 Å². The van der Waals surface area contributed by atoms with E-state index in [1.165, 1.54) is 17.1 Å². The van der Waals surface area contributed by atoms with E-state index in [2.05, 4.69) is 15.1 Å². The first-order chi connectivity index (χ1) is 9.78. The minimum Gasteiger partial charge on any atom is -0.480 e. The molecule has 1 amide bonds. The highest BCUT2D eigenvalue weighted by atomic mass is 32.2. The maximum absolute atomic E-state index is 11.7. The molecule has 0 radical (unpaired) electrons. The van der Waals surface area contributed by atoms with E-state index in [0.29, 0.717) is 0 Å². The summed E-state index contributed by atoms with van der Waals surface area (Å²) in [5.41, 5.74) is 0.113. The van der Waals surface area contributed by atoms with Crippen LogP contribution in [0.15, 0.2) is 12.4 Å². The Hall–Kier alpha value is -2.10. The van der Waals surface area contributed by atoms with Crippen molar-refractivity contribution in [1.82, 2.24) is 15.1 Å². The van der Waals surface area contributed by atoms with Crippen molar-refractivity contribution in [1.29, 1.82) is 0 Å². The van der Waals surface area contributed by atoms with Gasteiger partial charge < -0.3 is 10.4 Å². The normalized spacial score (nSPS) is 16.2. The van der Waals surface area contributed by atoms with E-state index >= 15 is 0 Å². The van der Waals surface area contributed by atoms with Gasteiger partial charge in [-0.1, -0.05) is 0 Å². The van der Waals surface area contributed by atoms with Gasteiger partial charge in [0.1, 0.15) is 6.54 Å². The molecule has 1 atom stereocenters. The summed E-state index contributed by atoms with van der Waals surface area (Å²) < 4.78 is 26.8. The molecule has 2 rings (SSSR count). The number of carbonyl (C=O) groups is 2. The van der Waals surface area contributed by atoms with Crippen LogP contribution in [0.3, 0.4) is 0 Å². The molecule has 0 aliphatic heterocycles. The molecule has 21 heavy (non-hydrogen) atoms. The highest BCUT2D eigenvalue weighted by Gasteiger charge is 2.28. The summed E-state index contributed by atoms with van der Waals surface area (Å²) in [5.74, 6) is -1.65. The molecule has 1 unspecified atom stereocenters. The van der Waals surface area contributed by atoms with Crippen LogP contribution in [0.4, 0.5) is 5.69 Å². The number of carboxylic acids is 1. The molecule has 3 N–H and O–H groups in total. The molecule has 1 aromatic heterocycles. The lowest BCUT2D eigenvalue weighted by molar-refractivity contribution is -0.136. The Morgan fingerprint density at radius 2 is 2.19 bits per heavy atom. The minimum atomic E-state index is -4.04. The second-order valence-electron chi connectivity index (χ2n) is 4.90. The molecule has 0 saturated heterocycles. The molecule has 1 heterocycles. The number of anilines is 1. The average Bonchev–Trinajstić information content (AvgIpc) is 3.08. The average molecular weight is 316 g/mol. The summed E-state index contributed by atoms with van der Waals surface area (Å²) in [4.78, 5) is 22.3. The van der Waals surface area contributed by atoms with Gasteiger partial charge in [-0.25, -0.2) is 8.42 Å². The molecule has 1 fully saturated rings. The van der Waals surface area contributed by atoms with Crippen molar-refractivity contribution in [3.63, 3.8) is 0 Å². The number of amides is 1. The Balaban J connectivity index is 1.96. The van der Waals surface area contributed by atoms with Gasteiger partial charge in [0.05, 0.1) is 11.9 Å². The molecule has 0 spiro atoms. The van der Waals surface area contributed by atoms with E-state index in [1.807, 2.05) is 0 Å². The fraction of sp³-hybridized carbons (Fsp3) is 0.545. The van der Waals surface area contributed by atoms with E-state index in [4.69, 9.17) is 5.11 Å². The molecule has 1 aliphatic rings. The van der Waals surface area contributed by atoms with Crippen LogP contribution in [-0.4, -0.2) is 46.5 Å². The molecule has 1 aromatic rings. The van der Waals surface area contributed by atoms with E-state index in [-0.39, 0.29) is 24.2 Å². The van der Waals surface area contributed by atoms with Gasteiger partial charge >= 0.3 is 5.97 Å². The van der Waals surface area contributed by atoms with Gasteiger partial charge in [-0.3, -0.25) is 19.0 Å². The van der Waals surface area contributed by atoms with Gasteiger partial charge in [-0.05, 0) is 19.8 Å². The van der Waals surface area contributed by atoms with Crippen LogP contribution in [0.5, 0.6) is 0 Å². The van der Waals surface area contributed by atoms with Crippen LogP contribution in [-0.2, 0) is 26.2 Å². The summed E-state index contributed by atoms with van der Waals surface area (Å²) >= 11 is 0. The van der Waals surface area contributed by atoms with Crippen LogP contribution >= 0.6 is 0 Å². The quantitative estimate of drug-likeness (QED) is 0.614. The molecule has 1 saturated carbocycles. The topological polar surface area (TPSA) is 130 Å². The minimum absolute atomic E-state index is 0.0211. The number of nitrogens with zero attached hydrogens (tertiary/aromatic N) is 2. The fourth-order valence-corrected chi connectivity index (χ4v) is 2.41. The summed E-state index contributed by atoms with van der Waals surface area (Å²) in [6, 6.07) is 0.238. The van der Waals surface area contributed by atoms with E-state index < -0.39 is 21.2 Å². The molecule has 116 valence electrons. The standard InChI is InChI=1S/C11H16N4O5S/c1-7(11(17)18)21(19,20)14-9-4-12-15(5-9)6-10(16)13-8-2-3-8/h4-5,7-8,14H,2-3,6H2,1H3,(H,13,16)(H,17,18). The number of aromatic nitrogens is 2. The number of carbonyl (C=O) groups excluding carboxylic acids is 1. The first-order valence-corrected chi connectivity index (χ1v) is 7.89. The summed E-state index contributed by atoms with van der Waals surface area (Å²) in [6.07, 6.45) is 4.50. The van der Waals surface area contributed by atoms with Crippen LogP contribution in [0.1, 0.15) is 19.8 Å². The highest BCUT2D eigenvalue weighted by Crippen LogP contribution is 2.18. The Kier molecular flexibility index (Phi) is 4.16. The van der Waals surface area contributed by atoms with Crippen LogP contribution in [0, 0.1) is 0 Å². The molecule has 0 aromatic carbocycles. The van der Waals surface area contributed by atoms with Crippen LogP contribution < -0.4 is 10.0 Å². The van der Waals surface area contributed by atoms with Crippen molar-refractivity contribution in [3.05, 3.63) is 12.4 Å².